The van der Waals surface area contributed by atoms with E-state index in [0.29, 0.717) is 23.4 Å². The first-order valence-corrected chi connectivity index (χ1v) is 4.52. The number of fused-ring (bicyclic) bond motifs is 1. The molecule has 2 rings (SSSR count). The van der Waals surface area contributed by atoms with E-state index >= 15 is 0 Å². The number of hydrogen-bond acceptors (Lipinski definition) is 6. The average Bonchev–Trinajstić information content (AvgIpc) is 2.45. The molecule has 0 radical (unpaired) electrons. The molecule has 0 bridgehead atoms. The highest BCUT2D eigenvalue weighted by Crippen LogP contribution is 2.16. The van der Waals surface area contributed by atoms with E-state index < -0.39 is 6.10 Å². The second-order valence-electron chi connectivity index (χ2n) is 3.40. The van der Waals surface area contributed by atoms with E-state index in [1.807, 2.05) is 0 Å². The van der Waals surface area contributed by atoms with Gasteiger partial charge < -0.3 is 21.6 Å². The molecule has 1 unspecified atom stereocenters. The molecule has 2 aromatic rings. The number of anilines is 2. The number of aromatic amines is 1. The standard InChI is InChI=1S/C8H12N6O/c1-3(15)2-4-11-5-6(9)13-8(10)14-7(5)12-4/h3,15H,2H2,1H3,(H5,9,10,11,12,13,14). The van der Waals surface area contributed by atoms with Crippen LogP contribution in [0.25, 0.3) is 11.2 Å². The van der Waals surface area contributed by atoms with Crippen LogP contribution >= 0.6 is 0 Å². The van der Waals surface area contributed by atoms with Crippen molar-refractivity contribution in [1.82, 2.24) is 19.9 Å². The van der Waals surface area contributed by atoms with Crippen molar-refractivity contribution < 1.29 is 5.11 Å². The van der Waals surface area contributed by atoms with E-state index in [2.05, 4.69) is 19.9 Å². The van der Waals surface area contributed by atoms with E-state index in [9.17, 15) is 5.11 Å². The average molecular weight is 208 g/mol. The normalized spacial score (nSPS) is 13.2. The maximum Gasteiger partial charge on any atom is 0.224 e. The Balaban J connectivity index is 2.50. The van der Waals surface area contributed by atoms with Gasteiger partial charge in [-0.3, -0.25) is 0 Å². The van der Waals surface area contributed by atoms with Crippen molar-refractivity contribution in [2.45, 2.75) is 19.4 Å². The van der Waals surface area contributed by atoms with Crippen molar-refractivity contribution in [3.63, 3.8) is 0 Å². The SMILES string of the molecule is CC(O)Cc1nc2nc(N)nc(N)c2[nH]1. The van der Waals surface area contributed by atoms with Gasteiger partial charge >= 0.3 is 0 Å². The molecule has 0 aliphatic carbocycles. The smallest absolute Gasteiger partial charge is 0.224 e. The fraction of sp³-hybridized carbons (Fsp3) is 0.375. The fourth-order valence-electron chi connectivity index (χ4n) is 1.36. The summed E-state index contributed by atoms with van der Waals surface area (Å²) in [6.45, 7) is 1.68. The van der Waals surface area contributed by atoms with E-state index in [1.54, 1.807) is 6.92 Å². The minimum absolute atomic E-state index is 0.0927. The molecule has 0 amide bonds. The third-order valence-electron chi connectivity index (χ3n) is 1.93. The summed E-state index contributed by atoms with van der Waals surface area (Å²) in [5.74, 6) is 0.975. The molecule has 0 fully saturated rings. The molecule has 15 heavy (non-hydrogen) atoms. The molecule has 6 N–H and O–H groups in total. The largest absolute Gasteiger partial charge is 0.393 e. The lowest BCUT2D eigenvalue weighted by molar-refractivity contribution is 0.193. The fourth-order valence-corrected chi connectivity index (χ4v) is 1.36. The Bertz CT molecular complexity index is 491. The zero-order valence-corrected chi connectivity index (χ0v) is 8.23. The van der Waals surface area contributed by atoms with Crippen molar-refractivity contribution in [2.75, 3.05) is 11.5 Å². The van der Waals surface area contributed by atoms with Gasteiger partial charge in [-0.1, -0.05) is 0 Å². The molecule has 0 saturated carbocycles. The van der Waals surface area contributed by atoms with Gasteiger partial charge in [0.05, 0.1) is 6.10 Å². The maximum atomic E-state index is 9.20. The first kappa shape index (κ1) is 9.66. The Morgan fingerprint density at radius 3 is 2.73 bits per heavy atom. The number of aliphatic hydroxyl groups excluding tert-OH is 1. The number of aromatic nitrogens is 4. The second-order valence-corrected chi connectivity index (χ2v) is 3.40. The Labute approximate surface area is 85.6 Å². The maximum absolute atomic E-state index is 9.20. The third kappa shape index (κ3) is 1.82. The number of nitrogen functional groups attached to an aromatic ring is 2. The van der Waals surface area contributed by atoms with Crippen LogP contribution < -0.4 is 11.5 Å². The number of hydrogen-bond donors (Lipinski definition) is 4. The molecule has 0 saturated heterocycles. The van der Waals surface area contributed by atoms with E-state index in [4.69, 9.17) is 11.5 Å². The third-order valence-corrected chi connectivity index (χ3v) is 1.93. The highest BCUT2D eigenvalue weighted by molar-refractivity contribution is 5.82. The summed E-state index contributed by atoms with van der Waals surface area (Å²) in [4.78, 5) is 14.8. The Hall–Kier alpha value is -1.89. The number of aliphatic hydroxyl groups is 1. The van der Waals surface area contributed by atoms with Crippen LogP contribution in [-0.2, 0) is 6.42 Å². The lowest BCUT2D eigenvalue weighted by Crippen LogP contribution is -2.05. The van der Waals surface area contributed by atoms with Crippen LogP contribution in [-0.4, -0.2) is 31.1 Å². The van der Waals surface area contributed by atoms with Gasteiger partial charge in [-0.25, -0.2) is 4.98 Å². The predicted octanol–water partition coefficient (Wildman–Crippen LogP) is -0.559. The minimum atomic E-state index is -0.475. The molecule has 0 aliphatic rings. The molecule has 2 heterocycles. The van der Waals surface area contributed by atoms with Gasteiger partial charge in [0.15, 0.2) is 11.5 Å². The van der Waals surface area contributed by atoms with E-state index in [-0.39, 0.29) is 11.8 Å². The van der Waals surface area contributed by atoms with Crippen LogP contribution in [0, 0.1) is 0 Å². The second kappa shape index (κ2) is 3.35. The minimum Gasteiger partial charge on any atom is -0.393 e. The van der Waals surface area contributed by atoms with Crippen molar-refractivity contribution >= 4 is 22.9 Å². The number of H-pyrrole nitrogens is 1. The van der Waals surface area contributed by atoms with Crippen LogP contribution in [0.15, 0.2) is 0 Å². The van der Waals surface area contributed by atoms with E-state index in [1.165, 1.54) is 0 Å². The topological polar surface area (TPSA) is 127 Å². The lowest BCUT2D eigenvalue weighted by Gasteiger charge is -1.97. The first-order valence-electron chi connectivity index (χ1n) is 4.52. The van der Waals surface area contributed by atoms with Gasteiger partial charge in [-0.05, 0) is 6.92 Å². The lowest BCUT2D eigenvalue weighted by atomic mass is 10.3. The molecule has 1 atom stereocenters. The molecule has 7 heteroatoms. The number of imidazole rings is 1. The summed E-state index contributed by atoms with van der Waals surface area (Å²) in [7, 11) is 0. The van der Waals surface area contributed by atoms with Crippen molar-refractivity contribution in [2.24, 2.45) is 0 Å². The summed E-state index contributed by atoms with van der Waals surface area (Å²) in [6.07, 6.45) is -0.0625. The molecule has 0 spiro atoms. The molecule has 0 aliphatic heterocycles. The monoisotopic (exact) mass is 208 g/mol. The van der Waals surface area contributed by atoms with Crippen LogP contribution in [0.1, 0.15) is 12.7 Å². The molecule has 7 nitrogen and oxygen atoms in total. The summed E-state index contributed by atoms with van der Waals surface area (Å²) >= 11 is 0. The van der Waals surface area contributed by atoms with Gasteiger partial charge in [0.1, 0.15) is 11.3 Å². The van der Waals surface area contributed by atoms with Crippen LogP contribution in [0.4, 0.5) is 11.8 Å². The molecule has 2 aromatic heterocycles. The Kier molecular flexibility index (Phi) is 2.16. The predicted molar refractivity (Wildman–Crippen MR) is 55.9 cm³/mol. The summed E-state index contributed by atoms with van der Waals surface area (Å²) in [6, 6.07) is 0. The van der Waals surface area contributed by atoms with Crippen molar-refractivity contribution in [1.29, 1.82) is 0 Å². The van der Waals surface area contributed by atoms with Gasteiger partial charge in [0.2, 0.25) is 5.95 Å². The number of nitrogens with one attached hydrogen (secondary N) is 1. The Morgan fingerprint density at radius 1 is 1.33 bits per heavy atom. The summed E-state index contributed by atoms with van der Waals surface area (Å²) in [5.41, 5.74) is 12.0. The van der Waals surface area contributed by atoms with Gasteiger partial charge in [-0.2, -0.15) is 9.97 Å². The van der Waals surface area contributed by atoms with Gasteiger partial charge in [0.25, 0.3) is 0 Å². The number of nitrogens with two attached hydrogens (primary N) is 2. The summed E-state index contributed by atoms with van der Waals surface area (Å²) < 4.78 is 0. The van der Waals surface area contributed by atoms with Crippen LogP contribution in [0.2, 0.25) is 0 Å². The van der Waals surface area contributed by atoms with Crippen molar-refractivity contribution in [3.8, 4) is 0 Å². The molecular formula is C8H12N6O. The quantitative estimate of drug-likeness (QED) is 0.524. The zero-order chi connectivity index (χ0) is 11.0. The van der Waals surface area contributed by atoms with E-state index in [0.717, 1.165) is 0 Å². The van der Waals surface area contributed by atoms with Crippen LogP contribution in [0.3, 0.4) is 0 Å². The summed E-state index contributed by atoms with van der Waals surface area (Å²) in [5, 5.41) is 9.20. The van der Waals surface area contributed by atoms with Crippen molar-refractivity contribution in [3.05, 3.63) is 5.82 Å². The number of rotatable bonds is 2. The zero-order valence-electron chi connectivity index (χ0n) is 8.23. The molecule has 80 valence electrons. The number of nitrogens with zero attached hydrogens (tertiary/aromatic N) is 3. The van der Waals surface area contributed by atoms with Gasteiger partial charge in [-0.15, -0.1) is 0 Å². The first-order chi connectivity index (χ1) is 7.06. The molecular weight excluding hydrogens is 196 g/mol. The van der Waals surface area contributed by atoms with Gasteiger partial charge in [0, 0.05) is 6.42 Å². The van der Waals surface area contributed by atoms with Crippen LogP contribution in [0.5, 0.6) is 0 Å². The Morgan fingerprint density at radius 2 is 2.07 bits per heavy atom. The highest BCUT2D eigenvalue weighted by Gasteiger charge is 2.10. The highest BCUT2D eigenvalue weighted by atomic mass is 16.3. The molecule has 0 aromatic carbocycles.